The maximum atomic E-state index is 12.4. The highest BCUT2D eigenvalue weighted by molar-refractivity contribution is 7.14. The van der Waals surface area contributed by atoms with E-state index in [4.69, 9.17) is 0 Å². The van der Waals surface area contributed by atoms with Crippen molar-refractivity contribution in [3.05, 3.63) is 41.4 Å². The molecule has 0 saturated heterocycles. The van der Waals surface area contributed by atoms with E-state index >= 15 is 0 Å². The van der Waals surface area contributed by atoms with Gasteiger partial charge in [-0.15, -0.1) is 11.3 Å². The van der Waals surface area contributed by atoms with Crippen LogP contribution >= 0.6 is 11.3 Å². The number of unbranched alkanes of at least 4 members (excludes halogenated alkanes) is 1. The lowest BCUT2D eigenvalue weighted by molar-refractivity contribution is -0.118. The van der Waals surface area contributed by atoms with Crippen LogP contribution in [0.3, 0.4) is 0 Å². The second-order valence-corrected chi connectivity index (χ2v) is 5.28. The molecule has 0 atom stereocenters. The number of hydrogen-bond donors (Lipinski definition) is 0. The van der Waals surface area contributed by atoms with E-state index in [0.29, 0.717) is 6.42 Å². The van der Waals surface area contributed by atoms with Gasteiger partial charge in [0, 0.05) is 11.8 Å². The van der Waals surface area contributed by atoms with Gasteiger partial charge in [-0.3, -0.25) is 9.69 Å². The SMILES string of the molecule is CCCCC(=O)N(c1ccccc1)c1nc(C)cs1. The van der Waals surface area contributed by atoms with Crippen molar-refractivity contribution in [3.8, 4) is 0 Å². The number of thiazole rings is 1. The van der Waals surface area contributed by atoms with Crippen molar-refractivity contribution in [2.75, 3.05) is 4.90 Å². The molecule has 1 heterocycles. The van der Waals surface area contributed by atoms with Crippen LogP contribution in [0.4, 0.5) is 10.8 Å². The smallest absolute Gasteiger partial charge is 0.233 e. The number of carbonyl (C=O) groups is 1. The minimum Gasteiger partial charge on any atom is -0.274 e. The molecule has 0 saturated carbocycles. The van der Waals surface area contributed by atoms with E-state index in [0.717, 1.165) is 29.4 Å². The Bertz CT molecular complexity index is 536. The van der Waals surface area contributed by atoms with E-state index in [1.165, 1.54) is 11.3 Å². The van der Waals surface area contributed by atoms with E-state index in [9.17, 15) is 4.79 Å². The second kappa shape index (κ2) is 6.48. The van der Waals surface area contributed by atoms with Gasteiger partial charge in [0.25, 0.3) is 0 Å². The van der Waals surface area contributed by atoms with Crippen LogP contribution in [0.25, 0.3) is 0 Å². The number of nitrogens with zero attached hydrogens (tertiary/aromatic N) is 2. The number of benzene rings is 1. The van der Waals surface area contributed by atoms with Gasteiger partial charge in [0.2, 0.25) is 5.91 Å². The minimum atomic E-state index is 0.113. The number of anilines is 2. The third kappa shape index (κ3) is 3.41. The molecule has 0 fully saturated rings. The Balaban J connectivity index is 2.31. The molecule has 0 spiro atoms. The van der Waals surface area contributed by atoms with Crippen LogP contribution in [-0.2, 0) is 4.79 Å². The van der Waals surface area contributed by atoms with Crippen LogP contribution in [0.2, 0.25) is 0 Å². The highest BCUT2D eigenvalue weighted by Gasteiger charge is 2.19. The normalized spacial score (nSPS) is 10.4. The summed E-state index contributed by atoms with van der Waals surface area (Å²) in [5.74, 6) is 0.113. The molecule has 100 valence electrons. The van der Waals surface area contributed by atoms with Gasteiger partial charge in [0.05, 0.1) is 11.4 Å². The summed E-state index contributed by atoms with van der Waals surface area (Å²) in [6.07, 6.45) is 2.49. The predicted octanol–water partition coefficient (Wildman–Crippen LogP) is 4.31. The summed E-state index contributed by atoms with van der Waals surface area (Å²) in [5, 5.41) is 2.73. The van der Waals surface area contributed by atoms with Crippen LogP contribution in [0, 0.1) is 6.92 Å². The lowest BCUT2D eigenvalue weighted by Gasteiger charge is -2.19. The largest absolute Gasteiger partial charge is 0.274 e. The van der Waals surface area contributed by atoms with Crippen molar-refractivity contribution >= 4 is 28.1 Å². The monoisotopic (exact) mass is 274 g/mol. The third-order valence-corrected chi connectivity index (χ3v) is 3.75. The minimum absolute atomic E-state index is 0.113. The Hall–Kier alpha value is -1.68. The van der Waals surface area contributed by atoms with Gasteiger partial charge >= 0.3 is 0 Å². The summed E-state index contributed by atoms with van der Waals surface area (Å²) in [7, 11) is 0. The number of carbonyl (C=O) groups excluding carboxylic acids is 1. The summed E-state index contributed by atoms with van der Waals surface area (Å²) in [6, 6.07) is 9.72. The zero-order chi connectivity index (χ0) is 13.7. The van der Waals surface area contributed by atoms with E-state index in [1.807, 2.05) is 42.6 Å². The molecule has 3 nitrogen and oxygen atoms in total. The summed E-state index contributed by atoms with van der Waals surface area (Å²) in [5.41, 5.74) is 1.84. The number of para-hydroxylation sites is 1. The van der Waals surface area contributed by atoms with Crippen molar-refractivity contribution in [1.82, 2.24) is 4.98 Å². The molecule has 1 aromatic heterocycles. The van der Waals surface area contributed by atoms with Crippen LogP contribution in [0.1, 0.15) is 31.9 Å². The Morgan fingerprint density at radius 3 is 2.63 bits per heavy atom. The first-order chi connectivity index (χ1) is 9.22. The number of amides is 1. The average molecular weight is 274 g/mol. The highest BCUT2D eigenvalue weighted by Crippen LogP contribution is 2.29. The van der Waals surface area contributed by atoms with Crippen LogP contribution in [0.5, 0.6) is 0 Å². The van der Waals surface area contributed by atoms with E-state index in [1.54, 1.807) is 4.90 Å². The predicted molar refractivity (Wildman–Crippen MR) is 80.0 cm³/mol. The molecule has 1 amide bonds. The van der Waals surface area contributed by atoms with E-state index in [2.05, 4.69) is 11.9 Å². The van der Waals surface area contributed by atoms with Gasteiger partial charge < -0.3 is 0 Å². The molecule has 0 aliphatic carbocycles. The fraction of sp³-hybridized carbons (Fsp3) is 0.333. The zero-order valence-corrected chi connectivity index (χ0v) is 12.1. The van der Waals surface area contributed by atoms with Crippen molar-refractivity contribution in [2.45, 2.75) is 33.1 Å². The van der Waals surface area contributed by atoms with Crippen LogP contribution in [-0.4, -0.2) is 10.9 Å². The maximum Gasteiger partial charge on any atom is 0.233 e. The number of hydrogen-bond acceptors (Lipinski definition) is 3. The third-order valence-electron chi connectivity index (χ3n) is 2.81. The average Bonchev–Trinajstić information content (AvgIpc) is 2.84. The molecule has 0 aliphatic rings. The lowest BCUT2D eigenvalue weighted by Crippen LogP contribution is -2.25. The van der Waals surface area contributed by atoms with Gasteiger partial charge in [-0.05, 0) is 25.5 Å². The van der Waals surface area contributed by atoms with Crippen molar-refractivity contribution in [2.24, 2.45) is 0 Å². The van der Waals surface area contributed by atoms with E-state index in [-0.39, 0.29) is 5.91 Å². The molecule has 2 aromatic rings. The number of aryl methyl sites for hydroxylation is 1. The molecule has 1 aromatic carbocycles. The Kier molecular flexibility index (Phi) is 4.68. The van der Waals surface area contributed by atoms with Gasteiger partial charge in [-0.2, -0.15) is 0 Å². The second-order valence-electron chi connectivity index (χ2n) is 4.44. The van der Waals surface area contributed by atoms with Crippen molar-refractivity contribution in [3.63, 3.8) is 0 Å². The van der Waals surface area contributed by atoms with Crippen LogP contribution < -0.4 is 4.90 Å². The molecule has 2 rings (SSSR count). The van der Waals surface area contributed by atoms with Gasteiger partial charge in [-0.1, -0.05) is 31.5 Å². The first kappa shape index (κ1) is 13.7. The highest BCUT2D eigenvalue weighted by atomic mass is 32.1. The topological polar surface area (TPSA) is 33.2 Å². The van der Waals surface area contributed by atoms with Gasteiger partial charge in [0.15, 0.2) is 5.13 Å². The molecule has 19 heavy (non-hydrogen) atoms. The maximum absolute atomic E-state index is 12.4. The fourth-order valence-electron chi connectivity index (χ4n) is 1.82. The van der Waals surface area contributed by atoms with Crippen molar-refractivity contribution < 1.29 is 4.79 Å². The first-order valence-corrected chi connectivity index (χ1v) is 7.40. The van der Waals surface area contributed by atoms with Gasteiger partial charge in [-0.25, -0.2) is 4.98 Å². The molecular formula is C15H18N2OS. The standard InChI is InChI=1S/C15H18N2OS/c1-3-4-10-14(18)17(13-8-6-5-7-9-13)15-16-12(2)11-19-15/h5-9,11H,3-4,10H2,1-2H3. The lowest BCUT2D eigenvalue weighted by atomic mass is 10.2. The fourth-order valence-corrected chi connectivity index (χ4v) is 2.66. The van der Waals surface area contributed by atoms with E-state index < -0.39 is 0 Å². The molecule has 4 heteroatoms. The summed E-state index contributed by atoms with van der Waals surface area (Å²) in [4.78, 5) is 18.6. The molecular weight excluding hydrogens is 256 g/mol. The Labute approximate surface area is 117 Å². The molecule has 0 aliphatic heterocycles. The molecule has 0 unspecified atom stereocenters. The summed E-state index contributed by atoms with van der Waals surface area (Å²) in [6.45, 7) is 4.04. The molecule has 0 bridgehead atoms. The quantitative estimate of drug-likeness (QED) is 0.814. The van der Waals surface area contributed by atoms with Gasteiger partial charge in [0.1, 0.15) is 0 Å². The van der Waals surface area contributed by atoms with Crippen LogP contribution in [0.15, 0.2) is 35.7 Å². The molecule has 0 radical (unpaired) electrons. The number of aromatic nitrogens is 1. The summed E-state index contributed by atoms with van der Waals surface area (Å²) >= 11 is 1.51. The Morgan fingerprint density at radius 2 is 2.05 bits per heavy atom. The molecule has 0 N–H and O–H groups in total. The zero-order valence-electron chi connectivity index (χ0n) is 11.3. The number of rotatable bonds is 5. The first-order valence-electron chi connectivity index (χ1n) is 6.52. The Morgan fingerprint density at radius 1 is 1.32 bits per heavy atom. The van der Waals surface area contributed by atoms with Crippen molar-refractivity contribution in [1.29, 1.82) is 0 Å². The summed E-state index contributed by atoms with van der Waals surface area (Å²) < 4.78 is 0.